The van der Waals surface area contributed by atoms with Crippen LogP contribution in [0.25, 0.3) is 0 Å². The van der Waals surface area contributed by atoms with Crippen LogP contribution in [0.3, 0.4) is 0 Å². The van der Waals surface area contributed by atoms with Crippen molar-refractivity contribution in [2.45, 2.75) is 25.7 Å². The third kappa shape index (κ3) is 5.24. The van der Waals surface area contributed by atoms with Gasteiger partial charge in [0.25, 0.3) is 0 Å². The Hall–Kier alpha value is -2.06. The van der Waals surface area contributed by atoms with Crippen LogP contribution in [0.2, 0.25) is 0 Å². The number of nitrogens with zero attached hydrogens (tertiary/aromatic N) is 2. The topological polar surface area (TPSA) is 59.3 Å². The van der Waals surface area contributed by atoms with Gasteiger partial charge in [0.1, 0.15) is 18.5 Å². The molecule has 0 aliphatic rings. The van der Waals surface area contributed by atoms with E-state index in [2.05, 4.69) is 10.4 Å². The molecule has 0 saturated heterocycles. The summed E-state index contributed by atoms with van der Waals surface area (Å²) in [6.45, 7) is 2.76. The Morgan fingerprint density at radius 2 is 1.96 bits per heavy atom. The molecule has 0 aliphatic carbocycles. The number of rotatable bonds is 7. The van der Waals surface area contributed by atoms with Gasteiger partial charge >= 0.3 is 6.18 Å². The molecule has 1 heterocycles. The van der Waals surface area contributed by atoms with Crippen LogP contribution in [0.4, 0.5) is 13.2 Å². The molecule has 1 aromatic heterocycles. The molecular weight excluding hydrogens is 323 g/mol. The van der Waals surface area contributed by atoms with Crippen molar-refractivity contribution in [3.8, 4) is 5.75 Å². The smallest absolute Gasteiger partial charge is 0.416 e. The van der Waals surface area contributed by atoms with Crippen LogP contribution in [0.15, 0.2) is 30.5 Å². The maximum absolute atomic E-state index is 12.4. The van der Waals surface area contributed by atoms with Gasteiger partial charge in [-0.05, 0) is 31.2 Å². The minimum atomic E-state index is -4.37. The van der Waals surface area contributed by atoms with E-state index < -0.39 is 17.8 Å². The SMILES string of the molecule is Cc1nn(C)cc1CNCC(O)COc1ccc(C(F)(F)F)cc1. The summed E-state index contributed by atoms with van der Waals surface area (Å²) in [7, 11) is 1.84. The van der Waals surface area contributed by atoms with Gasteiger partial charge in [0.2, 0.25) is 0 Å². The van der Waals surface area contributed by atoms with E-state index in [-0.39, 0.29) is 12.4 Å². The molecule has 0 bridgehead atoms. The van der Waals surface area contributed by atoms with Crippen LogP contribution in [-0.2, 0) is 19.8 Å². The minimum Gasteiger partial charge on any atom is -0.491 e. The lowest BCUT2D eigenvalue weighted by Crippen LogP contribution is -2.31. The molecule has 2 aromatic rings. The van der Waals surface area contributed by atoms with Crippen LogP contribution >= 0.6 is 0 Å². The van der Waals surface area contributed by atoms with E-state index >= 15 is 0 Å². The highest BCUT2D eigenvalue weighted by Gasteiger charge is 2.30. The molecule has 132 valence electrons. The average Bonchev–Trinajstić information content (AvgIpc) is 2.82. The molecule has 2 rings (SSSR count). The molecule has 8 heteroatoms. The lowest BCUT2D eigenvalue weighted by Gasteiger charge is -2.14. The van der Waals surface area contributed by atoms with Crippen molar-refractivity contribution in [1.82, 2.24) is 15.1 Å². The molecule has 0 saturated carbocycles. The Morgan fingerprint density at radius 3 is 2.50 bits per heavy atom. The van der Waals surface area contributed by atoms with E-state index in [0.717, 1.165) is 23.4 Å². The second-order valence-corrected chi connectivity index (χ2v) is 5.53. The zero-order chi connectivity index (χ0) is 17.7. The molecule has 0 aliphatic heterocycles. The van der Waals surface area contributed by atoms with Crippen molar-refractivity contribution < 1.29 is 23.0 Å². The highest BCUT2D eigenvalue weighted by Crippen LogP contribution is 2.30. The fourth-order valence-corrected chi connectivity index (χ4v) is 2.19. The van der Waals surface area contributed by atoms with Gasteiger partial charge in [0.15, 0.2) is 0 Å². The first-order chi connectivity index (χ1) is 11.3. The van der Waals surface area contributed by atoms with Crippen molar-refractivity contribution >= 4 is 0 Å². The fraction of sp³-hybridized carbons (Fsp3) is 0.438. The highest BCUT2D eigenvalue weighted by atomic mass is 19.4. The molecule has 1 unspecified atom stereocenters. The third-order valence-electron chi connectivity index (χ3n) is 3.43. The first-order valence-electron chi connectivity index (χ1n) is 7.43. The van der Waals surface area contributed by atoms with Gasteiger partial charge in [0.05, 0.1) is 11.3 Å². The number of benzene rings is 1. The number of hydrogen-bond donors (Lipinski definition) is 2. The van der Waals surface area contributed by atoms with E-state index in [1.54, 1.807) is 4.68 Å². The molecule has 0 amide bonds. The van der Waals surface area contributed by atoms with E-state index in [1.807, 2.05) is 20.2 Å². The fourth-order valence-electron chi connectivity index (χ4n) is 2.19. The Labute approximate surface area is 138 Å². The monoisotopic (exact) mass is 343 g/mol. The van der Waals surface area contributed by atoms with Gasteiger partial charge in [-0.2, -0.15) is 18.3 Å². The number of alkyl halides is 3. The Balaban J connectivity index is 1.73. The highest BCUT2D eigenvalue weighted by molar-refractivity contribution is 5.28. The van der Waals surface area contributed by atoms with Crippen molar-refractivity contribution in [3.63, 3.8) is 0 Å². The molecule has 0 spiro atoms. The van der Waals surface area contributed by atoms with Gasteiger partial charge in [0, 0.05) is 31.9 Å². The predicted octanol–water partition coefficient (Wildman–Crippen LogP) is 2.28. The van der Waals surface area contributed by atoms with Crippen LogP contribution in [0, 0.1) is 6.92 Å². The Bertz CT molecular complexity index is 654. The predicted molar refractivity (Wildman–Crippen MR) is 82.6 cm³/mol. The van der Waals surface area contributed by atoms with Crippen LogP contribution in [0.5, 0.6) is 5.75 Å². The van der Waals surface area contributed by atoms with Gasteiger partial charge in [-0.25, -0.2) is 0 Å². The van der Waals surface area contributed by atoms with E-state index in [1.165, 1.54) is 12.1 Å². The van der Waals surface area contributed by atoms with Crippen LogP contribution in [0.1, 0.15) is 16.8 Å². The summed E-state index contributed by atoms with van der Waals surface area (Å²) in [5.41, 5.74) is 1.22. The lowest BCUT2D eigenvalue weighted by atomic mass is 10.2. The summed E-state index contributed by atoms with van der Waals surface area (Å²) in [6, 6.07) is 4.38. The quantitative estimate of drug-likeness (QED) is 0.810. The second-order valence-electron chi connectivity index (χ2n) is 5.53. The van der Waals surface area contributed by atoms with Gasteiger partial charge < -0.3 is 15.2 Å². The molecule has 5 nitrogen and oxygen atoms in total. The molecule has 1 atom stereocenters. The summed E-state index contributed by atoms with van der Waals surface area (Å²) < 4.78 is 44.4. The summed E-state index contributed by atoms with van der Waals surface area (Å²) in [5.74, 6) is 0.283. The largest absolute Gasteiger partial charge is 0.491 e. The van der Waals surface area contributed by atoms with Gasteiger partial charge in [-0.3, -0.25) is 4.68 Å². The zero-order valence-electron chi connectivity index (χ0n) is 13.5. The lowest BCUT2D eigenvalue weighted by molar-refractivity contribution is -0.137. The Morgan fingerprint density at radius 1 is 1.29 bits per heavy atom. The number of halogens is 3. The van der Waals surface area contributed by atoms with E-state index in [9.17, 15) is 18.3 Å². The van der Waals surface area contributed by atoms with Crippen molar-refractivity contribution in [1.29, 1.82) is 0 Å². The summed E-state index contributed by atoms with van der Waals surface area (Å²) >= 11 is 0. The van der Waals surface area contributed by atoms with Gasteiger partial charge in [-0.1, -0.05) is 0 Å². The Kier molecular flexibility index (Phi) is 5.84. The number of aliphatic hydroxyl groups excluding tert-OH is 1. The number of aliphatic hydroxyl groups is 1. The number of hydrogen-bond acceptors (Lipinski definition) is 4. The van der Waals surface area contributed by atoms with Crippen molar-refractivity contribution in [2.24, 2.45) is 7.05 Å². The molecule has 0 radical (unpaired) electrons. The third-order valence-corrected chi connectivity index (χ3v) is 3.43. The van der Waals surface area contributed by atoms with Gasteiger partial charge in [-0.15, -0.1) is 0 Å². The molecule has 24 heavy (non-hydrogen) atoms. The average molecular weight is 343 g/mol. The van der Waals surface area contributed by atoms with E-state index in [4.69, 9.17) is 4.74 Å². The molecule has 2 N–H and O–H groups in total. The molecule has 1 aromatic carbocycles. The van der Waals surface area contributed by atoms with Crippen molar-refractivity contribution in [3.05, 3.63) is 47.3 Å². The maximum atomic E-state index is 12.4. The zero-order valence-corrected chi connectivity index (χ0v) is 13.5. The van der Waals surface area contributed by atoms with Crippen LogP contribution in [-0.4, -0.2) is 34.1 Å². The van der Waals surface area contributed by atoms with Crippen LogP contribution < -0.4 is 10.1 Å². The number of ether oxygens (including phenoxy) is 1. The molecule has 0 fully saturated rings. The second kappa shape index (κ2) is 7.67. The summed E-state index contributed by atoms with van der Waals surface area (Å²) in [6.07, 6.45) is -3.25. The summed E-state index contributed by atoms with van der Waals surface area (Å²) in [5, 5.41) is 17.2. The van der Waals surface area contributed by atoms with Crippen molar-refractivity contribution in [2.75, 3.05) is 13.2 Å². The summed E-state index contributed by atoms with van der Waals surface area (Å²) in [4.78, 5) is 0. The van der Waals surface area contributed by atoms with E-state index in [0.29, 0.717) is 13.1 Å². The first kappa shape index (κ1) is 18.3. The number of nitrogens with one attached hydrogen (secondary N) is 1. The minimum absolute atomic E-state index is 0.00954. The maximum Gasteiger partial charge on any atom is 0.416 e. The normalized spacial score (nSPS) is 13.1. The first-order valence-corrected chi connectivity index (χ1v) is 7.43. The number of aromatic nitrogens is 2. The number of aryl methyl sites for hydroxylation is 2. The molecular formula is C16H20F3N3O2. The standard InChI is InChI=1S/C16H20F3N3O2/c1-11-12(9-22(2)21-11)7-20-8-14(23)10-24-15-5-3-13(4-6-15)16(17,18)19/h3-6,9,14,20,23H,7-8,10H2,1-2H3.